The Kier molecular flexibility index (Phi) is 7.66. The maximum Gasteiger partial charge on any atom is 0.514 e. The van der Waals surface area contributed by atoms with Crippen molar-refractivity contribution in [3.63, 3.8) is 0 Å². The van der Waals surface area contributed by atoms with E-state index in [9.17, 15) is 14.0 Å². The number of carbonyl (C=O) groups excluding carboxylic acids is 2. The van der Waals surface area contributed by atoms with Crippen LogP contribution in [0.3, 0.4) is 0 Å². The Bertz CT molecular complexity index is 741. The molecule has 2 aliphatic rings. The predicted octanol–water partition coefficient (Wildman–Crippen LogP) is 3.80. The van der Waals surface area contributed by atoms with Crippen LogP contribution in [0, 0.1) is 11.7 Å². The number of benzene rings is 1. The third-order valence-electron chi connectivity index (χ3n) is 5.89. The minimum atomic E-state index is -0.956. The van der Waals surface area contributed by atoms with Gasteiger partial charge in [-0.2, -0.15) is 0 Å². The van der Waals surface area contributed by atoms with Crippen LogP contribution in [0.5, 0.6) is 5.75 Å². The third kappa shape index (κ3) is 5.70. The lowest BCUT2D eigenvalue weighted by atomic mass is 9.88. The average molecular weight is 423 g/mol. The molecule has 1 aromatic carbocycles. The lowest BCUT2D eigenvalue weighted by Gasteiger charge is -2.32. The van der Waals surface area contributed by atoms with Crippen molar-refractivity contribution < 1.29 is 32.9 Å². The van der Waals surface area contributed by atoms with Gasteiger partial charge in [0.1, 0.15) is 12.2 Å². The van der Waals surface area contributed by atoms with E-state index in [-0.39, 0.29) is 23.8 Å². The lowest BCUT2D eigenvalue weighted by molar-refractivity contribution is -0.0403. The second-order valence-corrected chi connectivity index (χ2v) is 8.12. The van der Waals surface area contributed by atoms with Crippen LogP contribution in [0.4, 0.5) is 9.18 Å². The van der Waals surface area contributed by atoms with Gasteiger partial charge in [-0.1, -0.05) is 13.8 Å². The van der Waals surface area contributed by atoms with Gasteiger partial charge in [0.25, 0.3) is 0 Å². The lowest BCUT2D eigenvalue weighted by Crippen LogP contribution is -2.38. The van der Waals surface area contributed by atoms with Crippen molar-refractivity contribution in [2.24, 2.45) is 5.92 Å². The Balaban J connectivity index is 1.56. The Labute approximate surface area is 176 Å². The van der Waals surface area contributed by atoms with Crippen molar-refractivity contribution in [2.45, 2.75) is 45.1 Å². The number of halogens is 1. The highest BCUT2D eigenvalue weighted by atomic mass is 19.1. The molecule has 0 atom stereocenters. The zero-order chi connectivity index (χ0) is 21.6. The summed E-state index contributed by atoms with van der Waals surface area (Å²) >= 11 is 0. The highest BCUT2D eigenvalue weighted by molar-refractivity contribution is 5.90. The van der Waals surface area contributed by atoms with Crippen LogP contribution < -0.4 is 4.74 Å². The Morgan fingerprint density at radius 2 is 1.90 bits per heavy atom. The van der Waals surface area contributed by atoms with E-state index in [1.165, 1.54) is 12.1 Å². The summed E-state index contributed by atoms with van der Waals surface area (Å²) in [6.07, 6.45) is 2.52. The largest absolute Gasteiger partial charge is 0.514 e. The highest BCUT2D eigenvalue weighted by Gasteiger charge is 2.41. The summed E-state index contributed by atoms with van der Waals surface area (Å²) < 4.78 is 35.4. The van der Waals surface area contributed by atoms with Crippen LogP contribution in [0.2, 0.25) is 0 Å². The first kappa shape index (κ1) is 22.5. The summed E-state index contributed by atoms with van der Waals surface area (Å²) in [6.45, 7) is 7.73. The van der Waals surface area contributed by atoms with Crippen molar-refractivity contribution in [3.8, 4) is 5.75 Å². The van der Waals surface area contributed by atoms with E-state index < -0.39 is 23.5 Å². The fourth-order valence-corrected chi connectivity index (χ4v) is 3.93. The molecule has 1 aliphatic carbocycles. The van der Waals surface area contributed by atoms with Crippen molar-refractivity contribution in [1.82, 2.24) is 4.90 Å². The first-order valence-corrected chi connectivity index (χ1v) is 10.6. The number of ether oxygens (including phenoxy) is 4. The van der Waals surface area contributed by atoms with Gasteiger partial charge in [-0.25, -0.2) is 14.0 Å². The molecule has 0 amide bonds. The first-order chi connectivity index (χ1) is 14.4. The second kappa shape index (κ2) is 10.2. The number of hydrogen-bond acceptors (Lipinski definition) is 7. The standard InChI is InChI=1S/C22H30FNO6/c1-16(2)22(7-3-4-8-22)30-21(26)29-19-15-17(5-6-18(19)23)20(25)28-14-11-24-9-12-27-13-10-24/h5-6,15-16H,3-4,7-14H2,1-2H3. The second-order valence-electron chi connectivity index (χ2n) is 8.12. The van der Waals surface area contributed by atoms with E-state index in [2.05, 4.69) is 4.90 Å². The number of carbonyl (C=O) groups is 2. The molecule has 1 saturated carbocycles. The van der Waals surface area contributed by atoms with Crippen molar-refractivity contribution in [1.29, 1.82) is 0 Å². The van der Waals surface area contributed by atoms with E-state index in [1.54, 1.807) is 0 Å². The molecule has 0 unspecified atom stereocenters. The van der Waals surface area contributed by atoms with E-state index in [1.807, 2.05) is 13.8 Å². The monoisotopic (exact) mass is 423 g/mol. The number of esters is 1. The summed E-state index contributed by atoms with van der Waals surface area (Å²) in [7, 11) is 0. The number of rotatable bonds is 7. The van der Waals surface area contributed by atoms with Crippen LogP contribution in [0.1, 0.15) is 49.9 Å². The molecule has 7 nitrogen and oxygen atoms in total. The molecular formula is C22H30FNO6. The Morgan fingerprint density at radius 3 is 2.57 bits per heavy atom. The van der Waals surface area contributed by atoms with Crippen LogP contribution in [0.25, 0.3) is 0 Å². The molecule has 166 valence electrons. The number of morpholine rings is 1. The van der Waals surface area contributed by atoms with Crippen molar-refractivity contribution in [3.05, 3.63) is 29.6 Å². The molecule has 0 radical (unpaired) electrons. The molecule has 1 heterocycles. The predicted molar refractivity (Wildman–Crippen MR) is 107 cm³/mol. The van der Waals surface area contributed by atoms with Crippen LogP contribution in [-0.4, -0.2) is 62.1 Å². The van der Waals surface area contributed by atoms with Gasteiger partial charge in [0.15, 0.2) is 11.6 Å². The Morgan fingerprint density at radius 1 is 1.20 bits per heavy atom. The summed E-state index contributed by atoms with van der Waals surface area (Å²) in [6, 6.07) is 3.55. The fourth-order valence-electron chi connectivity index (χ4n) is 3.93. The SMILES string of the molecule is CC(C)C1(OC(=O)Oc2cc(C(=O)OCCN3CCOCC3)ccc2F)CCCC1. The van der Waals surface area contributed by atoms with E-state index in [4.69, 9.17) is 18.9 Å². The Hall–Kier alpha value is -2.19. The molecule has 2 fully saturated rings. The topological polar surface area (TPSA) is 74.3 Å². The zero-order valence-corrected chi connectivity index (χ0v) is 17.7. The smallest absolute Gasteiger partial charge is 0.461 e. The van der Waals surface area contributed by atoms with Gasteiger partial charge < -0.3 is 18.9 Å². The molecule has 0 spiro atoms. The van der Waals surface area contributed by atoms with Crippen LogP contribution in [-0.2, 0) is 14.2 Å². The minimum Gasteiger partial charge on any atom is -0.461 e. The molecule has 30 heavy (non-hydrogen) atoms. The minimum absolute atomic E-state index is 0.112. The molecule has 1 aliphatic heterocycles. The molecule has 8 heteroatoms. The summed E-state index contributed by atoms with van der Waals surface area (Å²) in [5.41, 5.74) is -0.468. The molecule has 1 aromatic rings. The molecule has 3 rings (SSSR count). The summed E-state index contributed by atoms with van der Waals surface area (Å²) in [4.78, 5) is 26.7. The normalized spacial score (nSPS) is 18.9. The van der Waals surface area contributed by atoms with Crippen molar-refractivity contribution in [2.75, 3.05) is 39.5 Å². The molecule has 0 bridgehead atoms. The third-order valence-corrected chi connectivity index (χ3v) is 5.89. The maximum absolute atomic E-state index is 14.2. The molecule has 0 N–H and O–H groups in total. The van der Waals surface area contributed by atoms with E-state index in [0.29, 0.717) is 19.8 Å². The molecule has 1 saturated heterocycles. The summed E-state index contributed by atoms with van der Waals surface area (Å²) in [5.74, 6) is -1.57. The molecular weight excluding hydrogens is 393 g/mol. The van der Waals surface area contributed by atoms with E-state index >= 15 is 0 Å². The van der Waals surface area contributed by atoms with Gasteiger partial charge >= 0.3 is 12.1 Å². The maximum atomic E-state index is 14.2. The van der Waals surface area contributed by atoms with Gasteiger partial charge in [-0.15, -0.1) is 0 Å². The van der Waals surface area contributed by atoms with E-state index in [0.717, 1.165) is 44.8 Å². The zero-order valence-electron chi connectivity index (χ0n) is 17.7. The van der Waals surface area contributed by atoms with Gasteiger partial charge in [0.05, 0.1) is 18.8 Å². The molecule has 0 aromatic heterocycles. The van der Waals surface area contributed by atoms with Crippen molar-refractivity contribution >= 4 is 12.1 Å². The van der Waals surface area contributed by atoms with Crippen LogP contribution in [0.15, 0.2) is 18.2 Å². The first-order valence-electron chi connectivity index (χ1n) is 10.6. The van der Waals surface area contributed by atoms with Crippen LogP contribution >= 0.6 is 0 Å². The van der Waals surface area contributed by atoms with Gasteiger partial charge in [0.2, 0.25) is 0 Å². The number of nitrogens with zero attached hydrogens (tertiary/aromatic N) is 1. The number of hydrogen-bond donors (Lipinski definition) is 0. The van der Waals surface area contributed by atoms with Gasteiger partial charge in [-0.3, -0.25) is 4.90 Å². The fraction of sp³-hybridized carbons (Fsp3) is 0.636. The quantitative estimate of drug-likeness (QED) is 0.488. The van der Waals surface area contributed by atoms with Gasteiger partial charge in [-0.05, 0) is 49.8 Å². The average Bonchev–Trinajstić information content (AvgIpc) is 3.20. The van der Waals surface area contributed by atoms with Gasteiger partial charge in [0, 0.05) is 19.6 Å². The highest BCUT2D eigenvalue weighted by Crippen LogP contribution is 2.39. The summed E-state index contributed by atoms with van der Waals surface area (Å²) in [5, 5.41) is 0.